The van der Waals surface area contributed by atoms with E-state index in [0.717, 1.165) is 5.56 Å². The van der Waals surface area contributed by atoms with Gasteiger partial charge in [-0.15, -0.1) is 0 Å². The van der Waals surface area contributed by atoms with Crippen molar-refractivity contribution in [3.63, 3.8) is 0 Å². The Bertz CT molecular complexity index is 634. The second-order valence-electron chi connectivity index (χ2n) is 4.12. The van der Waals surface area contributed by atoms with Crippen molar-refractivity contribution in [2.45, 2.75) is 13.2 Å². The van der Waals surface area contributed by atoms with Gasteiger partial charge in [-0.3, -0.25) is 0 Å². The molecule has 6 heteroatoms. The molecule has 2 N–H and O–H groups in total. The van der Waals surface area contributed by atoms with Gasteiger partial charge < -0.3 is 10.5 Å². The first-order valence-corrected chi connectivity index (χ1v) is 6.89. The molecule has 0 atom stereocenters. The highest BCUT2D eigenvalue weighted by Crippen LogP contribution is 2.33. The van der Waals surface area contributed by atoms with Crippen molar-refractivity contribution in [1.29, 1.82) is 0 Å². The van der Waals surface area contributed by atoms with Gasteiger partial charge in [-0.25, -0.2) is 4.39 Å². The lowest BCUT2D eigenvalue weighted by Crippen LogP contribution is -2.03. The number of hydrogen-bond acceptors (Lipinski definition) is 2. The summed E-state index contributed by atoms with van der Waals surface area (Å²) in [4.78, 5) is 0. The first-order chi connectivity index (χ1) is 9.51. The molecule has 0 spiro atoms. The minimum Gasteiger partial charge on any atom is -0.487 e. The van der Waals surface area contributed by atoms with E-state index in [1.807, 2.05) is 0 Å². The predicted molar refractivity (Wildman–Crippen MR) is 80.1 cm³/mol. The third-order valence-corrected chi connectivity index (χ3v) is 3.46. The second kappa shape index (κ2) is 6.64. The van der Waals surface area contributed by atoms with Gasteiger partial charge in [0.1, 0.15) is 18.2 Å². The molecule has 2 aromatic rings. The Labute approximate surface area is 131 Å². The fourth-order valence-corrected chi connectivity index (χ4v) is 2.51. The molecule has 0 radical (unpaired) electrons. The molecule has 0 aliphatic carbocycles. The summed E-state index contributed by atoms with van der Waals surface area (Å²) in [5, 5.41) is 0.922. The van der Waals surface area contributed by atoms with Crippen LogP contribution in [0.3, 0.4) is 0 Å². The summed E-state index contributed by atoms with van der Waals surface area (Å²) in [6.45, 7) is 0.453. The molecule has 0 aliphatic heterocycles. The molecule has 0 amide bonds. The highest BCUT2D eigenvalue weighted by atomic mass is 35.5. The van der Waals surface area contributed by atoms with Crippen molar-refractivity contribution < 1.29 is 9.13 Å². The van der Waals surface area contributed by atoms with Gasteiger partial charge in [0.05, 0.1) is 10.0 Å². The molecule has 0 heterocycles. The summed E-state index contributed by atoms with van der Waals surface area (Å²) in [5.41, 5.74) is 7.06. The molecule has 0 aromatic heterocycles. The molecule has 0 bridgehead atoms. The average Bonchev–Trinajstić information content (AvgIpc) is 2.40. The van der Waals surface area contributed by atoms with Crippen LogP contribution in [0.2, 0.25) is 15.1 Å². The Kier molecular flexibility index (Phi) is 5.11. The van der Waals surface area contributed by atoms with E-state index >= 15 is 0 Å². The lowest BCUT2D eigenvalue weighted by Gasteiger charge is -2.13. The maximum absolute atomic E-state index is 13.1. The number of hydrogen-bond donors (Lipinski definition) is 1. The van der Waals surface area contributed by atoms with Gasteiger partial charge in [0.2, 0.25) is 0 Å². The molecule has 0 saturated heterocycles. The van der Waals surface area contributed by atoms with Gasteiger partial charge in [-0.2, -0.15) is 0 Å². The van der Waals surface area contributed by atoms with Gasteiger partial charge in [0.15, 0.2) is 0 Å². The van der Waals surface area contributed by atoms with Crippen LogP contribution in [0, 0.1) is 5.82 Å². The highest BCUT2D eigenvalue weighted by molar-refractivity contribution is 6.35. The number of halogens is 4. The molecule has 0 aliphatic rings. The summed E-state index contributed by atoms with van der Waals surface area (Å²) >= 11 is 17.7. The minimum absolute atomic E-state index is 0.0485. The largest absolute Gasteiger partial charge is 0.487 e. The average molecular weight is 335 g/mol. The van der Waals surface area contributed by atoms with E-state index in [1.54, 1.807) is 18.2 Å². The second-order valence-corrected chi connectivity index (χ2v) is 5.37. The predicted octanol–water partition coefficient (Wildman–Crippen LogP) is 4.82. The molecular formula is C14H11Cl3FNO. The van der Waals surface area contributed by atoms with E-state index in [-0.39, 0.29) is 18.2 Å². The fraction of sp³-hybridized carbons (Fsp3) is 0.143. The molecule has 0 fully saturated rings. The quantitative estimate of drug-likeness (QED) is 0.869. The van der Waals surface area contributed by atoms with Crippen LogP contribution in [-0.2, 0) is 13.2 Å². The first-order valence-electron chi connectivity index (χ1n) is 5.76. The lowest BCUT2D eigenvalue weighted by atomic mass is 10.2. The topological polar surface area (TPSA) is 35.2 Å². The van der Waals surface area contributed by atoms with Crippen molar-refractivity contribution in [2.75, 3.05) is 0 Å². The van der Waals surface area contributed by atoms with Crippen LogP contribution >= 0.6 is 34.8 Å². The molecule has 20 heavy (non-hydrogen) atoms. The summed E-state index contributed by atoms with van der Waals surface area (Å²) < 4.78 is 18.7. The summed E-state index contributed by atoms with van der Waals surface area (Å²) in [6, 6.07) is 7.65. The molecule has 0 saturated carbocycles. The first kappa shape index (κ1) is 15.4. The van der Waals surface area contributed by atoms with Crippen molar-refractivity contribution in [1.82, 2.24) is 0 Å². The molecule has 2 nitrogen and oxygen atoms in total. The summed E-state index contributed by atoms with van der Waals surface area (Å²) in [7, 11) is 0. The zero-order valence-corrected chi connectivity index (χ0v) is 12.6. The Morgan fingerprint density at radius 2 is 1.80 bits per heavy atom. The van der Waals surface area contributed by atoms with Crippen molar-refractivity contribution in [3.05, 3.63) is 62.3 Å². The van der Waals surface area contributed by atoms with E-state index in [9.17, 15) is 4.39 Å². The van der Waals surface area contributed by atoms with Crippen LogP contribution in [0.4, 0.5) is 4.39 Å². The Morgan fingerprint density at radius 3 is 2.45 bits per heavy atom. The van der Waals surface area contributed by atoms with Gasteiger partial charge in [0, 0.05) is 17.1 Å². The number of rotatable bonds is 4. The van der Waals surface area contributed by atoms with Crippen molar-refractivity contribution in [2.24, 2.45) is 5.73 Å². The summed E-state index contributed by atoms with van der Waals surface area (Å²) in [6.07, 6.45) is 0. The van der Waals surface area contributed by atoms with Crippen LogP contribution in [0.5, 0.6) is 5.75 Å². The van der Waals surface area contributed by atoms with Gasteiger partial charge >= 0.3 is 0 Å². The van der Waals surface area contributed by atoms with Crippen LogP contribution < -0.4 is 10.5 Å². The normalized spacial score (nSPS) is 10.7. The monoisotopic (exact) mass is 333 g/mol. The van der Waals surface area contributed by atoms with E-state index in [2.05, 4.69) is 0 Å². The Morgan fingerprint density at radius 1 is 1.05 bits per heavy atom. The van der Waals surface area contributed by atoms with E-state index in [1.165, 1.54) is 12.1 Å². The zero-order chi connectivity index (χ0) is 14.7. The molecule has 2 aromatic carbocycles. The zero-order valence-electron chi connectivity index (χ0n) is 10.3. The van der Waals surface area contributed by atoms with Gasteiger partial charge in [0.25, 0.3) is 0 Å². The third-order valence-electron chi connectivity index (χ3n) is 2.67. The number of benzene rings is 2. The van der Waals surface area contributed by atoms with E-state index in [4.69, 9.17) is 45.3 Å². The maximum Gasteiger partial charge on any atom is 0.142 e. The smallest absolute Gasteiger partial charge is 0.142 e. The van der Waals surface area contributed by atoms with Crippen LogP contribution in [-0.4, -0.2) is 0 Å². The maximum atomic E-state index is 13.1. The molecule has 0 unspecified atom stereocenters. The van der Waals surface area contributed by atoms with Gasteiger partial charge in [-0.05, 0) is 29.8 Å². The van der Waals surface area contributed by atoms with Crippen LogP contribution in [0.25, 0.3) is 0 Å². The van der Waals surface area contributed by atoms with E-state index < -0.39 is 5.82 Å². The molecular weight excluding hydrogens is 324 g/mol. The minimum atomic E-state index is -0.470. The Balaban J connectivity index is 2.20. The molecule has 2 rings (SSSR count). The number of nitrogens with two attached hydrogens (primary N) is 1. The van der Waals surface area contributed by atoms with Crippen molar-refractivity contribution >= 4 is 34.8 Å². The third kappa shape index (κ3) is 3.55. The fourth-order valence-electron chi connectivity index (χ4n) is 1.71. The van der Waals surface area contributed by atoms with Crippen LogP contribution in [0.1, 0.15) is 11.1 Å². The highest BCUT2D eigenvalue weighted by Gasteiger charge is 2.10. The molecule has 106 valence electrons. The Hall–Kier alpha value is -1.00. The van der Waals surface area contributed by atoms with Gasteiger partial charge in [-0.1, -0.05) is 40.9 Å². The lowest BCUT2D eigenvalue weighted by molar-refractivity contribution is 0.303. The van der Waals surface area contributed by atoms with Crippen molar-refractivity contribution in [3.8, 4) is 5.75 Å². The SMILES string of the molecule is NCc1cc(Cl)cc(Cl)c1OCc1ccc(F)c(Cl)c1. The van der Waals surface area contributed by atoms with E-state index in [0.29, 0.717) is 21.4 Å². The summed E-state index contributed by atoms with van der Waals surface area (Å²) in [5.74, 6) is 0.00148. The van der Waals surface area contributed by atoms with Crippen LogP contribution in [0.15, 0.2) is 30.3 Å². The number of ether oxygens (including phenoxy) is 1. The standard InChI is InChI=1S/C14H11Cl3FNO/c15-10-4-9(6-19)14(12(17)5-10)20-7-8-1-2-13(18)11(16)3-8/h1-5H,6-7,19H2.